The highest BCUT2D eigenvalue weighted by Crippen LogP contribution is 2.40. The Balaban J connectivity index is 0.00000240. The molecule has 7 nitrogen and oxygen atoms in total. The molecule has 31 heavy (non-hydrogen) atoms. The fourth-order valence-electron chi connectivity index (χ4n) is 3.54. The van der Waals surface area contributed by atoms with Gasteiger partial charge in [0.25, 0.3) is 0 Å². The molecule has 0 aliphatic carbocycles. The van der Waals surface area contributed by atoms with Gasteiger partial charge in [0.1, 0.15) is 0 Å². The highest BCUT2D eigenvalue weighted by Gasteiger charge is 2.22. The number of benzene rings is 2. The Bertz CT molecular complexity index is 815. The minimum Gasteiger partial charge on any atom is -0.493 e. The van der Waals surface area contributed by atoms with E-state index in [4.69, 9.17) is 19.3 Å². The first-order valence-electron chi connectivity index (χ1n) is 9.67. The molecule has 0 spiro atoms. The minimum atomic E-state index is -1.03. The first-order valence-corrected chi connectivity index (χ1v) is 9.67. The molecule has 3 rings (SSSR count). The minimum absolute atomic E-state index is 0. The van der Waals surface area contributed by atoms with Crippen LogP contribution in [0.5, 0.6) is 17.2 Å². The molecular weight excluding hydrogens is 443 g/mol. The maximum absolute atomic E-state index is 11.0. The van der Waals surface area contributed by atoms with Crippen molar-refractivity contribution in [2.24, 2.45) is 0 Å². The summed E-state index contributed by atoms with van der Waals surface area (Å²) >= 11 is 0. The molecule has 0 saturated carbocycles. The standard InChI is InChI=1S/C22H28N2O5.2ClH/c1-27-19-9-8-18(21(22(19)28-2)29-16-20(25)26)15-24-12-10-23(11-13-24)14-17-6-4-3-5-7-17;;/h3-9H,10-16H2,1-2H3,(H,25,26);2*1H. The number of carboxylic acids is 1. The maximum Gasteiger partial charge on any atom is 0.341 e. The molecule has 2 aromatic carbocycles. The summed E-state index contributed by atoms with van der Waals surface area (Å²) in [5.41, 5.74) is 2.21. The van der Waals surface area contributed by atoms with Crippen molar-refractivity contribution in [3.8, 4) is 17.2 Å². The summed E-state index contributed by atoms with van der Waals surface area (Å²) < 4.78 is 16.3. The Labute approximate surface area is 195 Å². The van der Waals surface area contributed by atoms with Gasteiger partial charge in [-0.15, -0.1) is 24.8 Å². The van der Waals surface area contributed by atoms with Crippen LogP contribution in [0.15, 0.2) is 42.5 Å². The van der Waals surface area contributed by atoms with E-state index < -0.39 is 12.6 Å². The molecule has 0 aromatic heterocycles. The molecule has 2 aromatic rings. The van der Waals surface area contributed by atoms with Crippen molar-refractivity contribution in [1.29, 1.82) is 0 Å². The van der Waals surface area contributed by atoms with E-state index >= 15 is 0 Å². The number of aliphatic carboxylic acids is 1. The van der Waals surface area contributed by atoms with Gasteiger partial charge in [-0.05, 0) is 11.6 Å². The molecule has 1 aliphatic heterocycles. The topological polar surface area (TPSA) is 71.5 Å². The molecule has 172 valence electrons. The van der Waals surface area contributed by atoms with Crippen molar-refractivity contribution in [3.05, 3.63) is 53.6 Å². The lowest BCUT2D eigenvalue weighted by molar-refractivity contribution is -0.139. The molecule has 1 saturated heterocycles. The normalized spacial score (nSPS) is 14.1. The molecule has 0 amide bonds. The summed E-state index contributed by atoms with van der Waals surface area (Å²) in [4.78, 5) is 15.8. The Hall–Kier alpha value is -2.19. The molecule has 1 aliphatic rings. The van der Waals surface area contributed by atoms with E-state index in [1.54, 1.807) is 7.11 Å². The average Bonchev–Trinajstić information content (AvgIpc) is 2.74. The fraction of sp³-hybridized carbons (Fsp3) is 0.409. The lowest BCUT2D eigenvalue weighted by atomic mass is 10.1. The van der Waals surface area contributed by atoms with Crippen LogP contribution in [0.25, 0.3) is 0 Å². The van der Waals surface area contributed by atoms with Crippen LogP contribution in [-0.4, -0.2) is 67.9 Å². The van der Waals surface area contributed by atoms with Gasteiger partial charge in [0.05, 0.1) is 14.2 Å². The first kappa shape index (κ1) is 26.8. The van der Waals surface area contributed by atoms with Gasteiger partial charge < -0.3 is 19.3 Å². The number of halogens is 2. The zero-order chi connectivity index (χ0) is 20.6. The molecule has 0 unspecified atom stereocenters. The van der Waals surface area contributed by atoms with Gasteiger partial charge in [-0.25, -0.2) is 4.79 Å². The van der Waals surface area contributed by atoms with E-state index in [1.807, 2.05) is 18.2 Å². The van der Waals surface area contributed by atoms with Crippen LogP contribution < -0.4 is 14.2 Å². The summed E-state index contributed by atoms with van der Waals surface area (Å²) in [6.07, 6.45) is 0. The summed E-state index contributed by atoms with van der Waals surface area (Å²) in [6.45, 7) is 5.01. The Morgan fingerprint density at radius 2 is 1.48 bits per heavy atom. The van der Waals surface area contributed by atoms with E-state index in [1.165, 1.54) is 12.7 Å². The zero-order valence-corrected chi connectivity index (χ0v) is 19.4. The summed E-state index contributed by atoms with van der Waals surface area (Å²) in [7, 11) is 3.07. The molecule has 1 heterocycles. The van der Waals surface area contributed by atoms with Crippen molar-refractivity contribution in [2.45, 2.75) is 13.1 Å². The largest absolute Gasteiger partial charge is 0.493 e. The SMILES string of the molecule is COc1ccc(CN2CCN(Cc3ccccc3)CC2)c(OCC(=O)O)c1OC.Cl.Cl. The van der Waals surface area contributed by atoms with Crippen LogP contribution in [-0.2, 0) is 17.9 Å². The van der Waals surface area contributed by atoms with Crippen molar-refractivity contribution in [3.63, 3.8) is 0 Å². The zero-order valence-electron chi connectivity index (χ0n) is 17.8. The Morgan fingerprint density at radius 3 is 2.03 bits per heavy atom. The number of methoxy groups -OCH3 is 2. The van der Waals surface area contributed by atoms with Crippen molar-refractivity contribution in [2.75, 3.05) is 47.0 Å². The number of piperazine rings is 1. The quantitative estimate of drug-likeness (QED) is 0.599. The Kier molecular flexibility index (Phi) is 11.5. The first-order chi connectivity index (χ1) is 14.1. The number of rotatable bonds is 9. The van der Waals surface area contributed by atoms with Gasteiger partial charge in [-0.2, -0.15) is 0 Å². The van der Waals surface area contributed by atoms with E-state index in [0.29, 0.717) is 23.8 Å². The number of hydrogen-bond acceptors (Lipinski definition) is 6. The van der Waals surface area contributed by atoms with Gasteiger partial charge in [-0.1, -0.05) is 36.4 Å². The third-order valence-corrected chi connectivity index (χ3v) is 5.03. The molecule has 9 heteroatoms. The van der Waals surface area contributed by atoms with Crippen molar-refractivity contribution < 1.29 is 24.1 Å². The second-order valence-electron chi connectivity index (χ2n) is 7.01. The van der Waals surface area contributed by atoms with Gasteiger partial charge in [0.2, 0.25) is 5.75 Å². The van der Waals surface area contributed by atoms with Gasteiger partial charge >= 0.3 is 5.97 Å². The van der Waals surface area contributed by atoms with E-state index in [2.05, 4.69) is 34.1 Å². The van der Waals surface area contributed by atoms with Crippen LogP contribution in [0.3, 0.4) is 0 Å². The third kappa shape index (κ3) is 7.47. The highest BCUT2D eigenvalue weighted by atomic mass is 35.5. The number of hydrogen-bond donors (Lipinski definition) is 1. The average molecular weight is 473 g/mol. The molecule has 1 N–H and O–H groups in total. The van der Waals surface area contributed by atoms with Gasteiger partial charge in [0.15, 0.2) is 18.1 Å². The number of carboxylic acid groups (broad SMARTS) is 1. The molecule has 0 radical (unpaired) electrons. The van der Waals surface area contributed by atoms with E-state index in [9.17, 15) is 4.79 Å². The molecule has 0 bridgehead atoms. The molecule has 1 fully saturated rings. The van der Waals surface area contributed by atoms with E-state index in [-0.39, 0.29) is 24.8 Å². The Morgan fingerprint density at radius 1 is 0.871 bits per heavy atom. The fourth-order valence-corrected chi connectivity index (χ4v) is 3.54. The molecule has 0 atom stereocenters. The van der Waals surface area contributed by atoms with Crippen LogP contribution in [0.1, 0.15) is 11.1 Å². The number of nitrogens with zero attached hydrogens (tertiary/aromatic N) is 2. The second-order valence-corrected chi connectivity index (χ2v) is 7.01. The predicted octanol–water partition coefficient (Wildman–Crippen LogP) is 3.33. The molecular formula is C22H30Cl2N2O5. The summed E-state index contributed by atoms with van der Waals surface area (Å²) in [5.74, 6) is 0.342. The second kappa shape index (κ2) is 13.3. The van der Waals surface area contributed by atoms with Crippen LogP contribution in [0, 0.1) is 0 Å². The van der Waals surface area contributed by atoms with E-state index in [0.717, 1.165) is 38.3 Å². The lowest BCUT2D eigenvalue weighted by Crippen LogP contribution is -2.45. The number of ether oxygens (including phenoxy) is 3. The van der Waals surface area contributed by atoms with Crippen LogP contribution >= 0.6 is 24.8 Å². The van der Waals surface area contributed by atoms with Gasteiger partial charge in [0, 0.05) is 44.8 Å². The summed E-state index contributed by atoms with van der Waals surface area (Å²) in [6, 6.07) is 14.2. The third-order valence-electron chi connectivity index (χ3n) is 5.03. The maximum atomic E-state index is 11.0. The van der Waals surface area contributed by atoms with Crippen molar-refractivity contribution in [1.82, 2.24) is 9.80 Å². The number of carbonyl (C=O) groups is 1. The highest BCUT2D eigenvalue weighted by molar-refractivity contribution is 5.85. The van der Waals surface area contributed by atoms with Crippen molar-refractivity contribution >= 4 is 30.8 Å². The predicted molar refractivity (Wildman–Crippen MR) is 124 cm³/mol. The summed E-state index contributed by atoms with van der Waals surface area (Å²) in [5, 5.41) is 9.01. The lowest BCUT2D eigenvalue weighted by Gasteiger charge is -2.35. The van der Waals surface area contributed by atoms with Gasteiger partial charge in [-0.3, -0.25) is 9.80 Å². The monoisotopic (exact) mass is 472 g/mol. The van der Waals surface area contributed by atoms with Crippen LogP contribution in [0.4, 0.5) is 0 Å². The smallest absolute Gasteiger partial charge is 0.341 e. The van der Waals surface area contributed by atoms with Crippen LogP contribution in [0.2, 0.25) is 0 Å².